The highest BCUT2D eigenvalue weighted by Gasteiger charge is 2.14. The number of carbonyl (C=O) groups excluding carboxylic acids is 4. The number of anilines is 1. The molecule has 0 fully saturated rings. The molecule has 0 aliphatic rings. The zero-order chi connectivity index (χ0) is 21.9. The molecule has 0 aliphatic heterocycles. The minimum atomic E-state index is -0.966. The number of ether oxygens (including phenoxy) is 2. The van der Waals surface area contributed by atoms with E-state index in [9.17, 15) is 23.6 Å². The second kappa shape index (κ2) is 11.3. The lowest BCUT2D eigenvalue weighted by Gasteiger charge is -2.08. The Hall–Kier alpha value is -3.75. The Balaban J connectivity index is 1.69. The molecule has 8 nitrogen and oxygen atoms in total. The number of ketones is 1. The monoisotopic (exact) mass is 416 g/mol. The molecule has 0 unspecified atom stereocenters. The lowest BCUT2D eigenvalue weighted by Crippen LogP contribution is -2.37. The number of nitrogens with one attached hydrogen (secondary N) is 2. The number of amides is 3. The van der Waals surface area contributed by atoms with E-state index in [1.165, 1.54) is 18.2 Å². The maximum absolute atomic E-state index is 13.4. The van der Waals surface area contributed by atoms with E-state index in [4.69, 9.17) is 9.47 Å². The number of rotatable bonds is 9. The van der Waals surface area contributed by atoms with E-state index in [-0.39, 0.29) is 24.3 Å². The second-order valence-corrected chi connectivity index (χ2v) is 6.02. The topological polar surface area (TPSA) is 111 Å². The molecule has 3 amide bonds. The quantitative estimate of drug-likeness (QED) is 0.480. The van der Waals surface area contributed by atoms with Gasteiger partial charge in [0.05, 0.1) is 18.7 Å². The van der Waals surface area contributed by atoms with Crippen LogP contribution in [0.3, 0.4) is 0 Å². The first-order valence-electron chi connectivity index (χ1n) is 9.16. The molecular weight excluding hydrogens is 395 g/mol. The molecule has 0 atom stereocenters. The summed E-state index contributed by atoms with van der Waals surface area (Å²) in [6.07, 6.45) is -0.317. The Bertz CT molecular complexity index is 914. The van der Waals surface area contributed by atoms with Crippen LogP contribution in [0.25, 0.3) is 0 Å². The molecule has 9 heteroatoms. The standard InChI is InChI=1S/C21H21FN2O6/c1-2-29-15-9-7-14(8-10-15)18(25)11-12-20(27)30-13-19(26)24-21(28)23-17-6-4-3-5-16(17)22/h3-10H,2,11-13H2,1H3,(H2,23,24,26,28). The molecule has 0 heterocycles. The van der Waals surface area contributed by atoms with Crippen molar-refractivity contribution in [2.75, 3.05) is 18.5 Å². The van der Waals surface area contributed by atoms with Crippen molar-refractivity contribution in [3.05, 3.63) is 59.9 Å². The fourth-order valence-corrected chi connectivity index (χ4v) is 2.36. The summed E-state index contributed by atoms with van der Waals surface area (Å²) in [5.74, 6) is -1.94. The van der Waals surface area contributed by atoms with E-state index < -0.39 is 30.3 Å². The maximum atomic E-state index is 13.4. The second-order valence-electron chi connectivity index (χ2n) is 6.02. The summed E-state index contributed by atoms with van der Waals surface area (Å²) in [4.78, 5) is 47.1. The summed E-state index contributed by atoms with van der Waals surface area (Å²) in [6, 6.07) is 11.0. The minimum absolute atomic E-state index is 0.0950. The predicted molar refractivity (Wildman–Crippen MR) is 106 cm³/mol. The Kier molecular flexibility index (Phi) is 8.49. The van der Waals surface area contributed by atoms with Crippen LogP contribution in [0, 0.1) is 5.82 Å². The average Bonchev–Trinajstić information content (AvgIpc) is 2.73. The van der Waals surface area contributed by atoms with Crippen LogP contribution in [0.2, 0.25) is 0 Å². The lowest BCUT2D eigenvalue weighted by molar-refractivity contribution is -0.148. The maximum Gasteiger partial charge on any atom is 0.326 e. The van der Waals surface area contributed by atoms with E-state index in [0.29, 0.717) is 17.9 Å². The van der Waals surface area contributed by atoms with E-state index in [2.05, 4.69) is 5.32 Å². The highest BCUT2D eigenvalue weighted by Crippen LogP contribution is 2.14. The van der Waals surface area contributed by atoms with Gasteiger partial charge < -0.3 is 14.8 Å². The van der Waals surface area contributed by atoms with Gasteiger partial charge in [0.2, 0.25) is 0 Å². The molecule has 2 rings (SSSR count). The van der Waals surface area contributed by atoms with Gasteiger partial charge in [-0.1, -0.05) is 12.1 Å². The number of hydrogen-bond donors (Lipinski definition) is 2. The molecule has 158 valence electrons. The Morgan fingerprint density at radius 1 is 0.967 bits per heavy atom. The largest absolute Gasteiger partial charge is 0.494 e. The molecule has 0 saturated heterocycles. The highest BCUT2D eigenvalue weighted by atomic mass is 19.1. The Morgan fingerprint density at radius 3 is 2.33 bits per heavy atom. The van der Waals surface area contributed by atoms with Crippen molar-refractivity contribution in [2.24, 2.45) is 0 Å². The number of para-hydroxylation sites is 1. The molecule has 30 heavy (non-hydrogen) atoms. The number of halogens is 1. The van der Waals surface area contributed by atoms with Gasteiger partial charge in [-0.05, 0) is 43.3 Å². The first-order chi connectivity index (χ1) is 14.4. The third-order valence-corrected chi connectivity index (χ3v) is 3.78. The van der Waals surface area contributed by atoms with Crippen molar-refractivity contribution < 1.29 is 33.0 Å². The molecule has 0 radical (unpaired) electrons. The van der Waals surface area contributed by atoms with Gasteiger partial charge in [0, 0.05) is 12.0 Å². The smallest absolute Gasteiger partial charge is 0.326 e. The third-order valence-electron chi connectivity index (χ3n) is 3.78. The molecule has 0 bridgehead atoms. The number of imide groups is 1. The summed E-state index contributed by atoms with van der Waals surface area (Å²) in [6.45, 7) is 1.65. The molecule has 0 saturated carbocycles. The predicted octanol–water partition coefficient (Wildman–Crippen LogP) is 3.08. The normalized spacial score (nSPS) is 10.1. The van der Waals surface area contributed by atoms with Crippen LogP contribution < -0.4 is 15.4 Å². The number of carbonyl (C=O) groups is 4. The summed E-state index contributed by atoms with van der Waals surface area (Å²) in [5, 5.41) is 4.06. The van der Waals surface area contributed by atoms with Crippen molar-refractivity contribution in [1.82, 2.24) is 5.32 Å². The van der Waals surface area contributed by atoms with E-state index in [1.54, 1.807) is 24.3 Å². The first-order valence-corrected chi connectivity index (χ1v) is 9.16. The SMILES string of the molecule is CCOc1ccc(C(=O)CCC(=O)OCC(=O)NC(=O)Nc2ccccc2F)cc1. The summed E-state index contributed by atoms with van der Waals surface area (Å²) in [5.41, 5.74) is 0.321. The highest BCUT2D eigenvalue weighted by molar-refractivity contribution is 6.02. The minimum Gasteiger partial charge on any atom is -0.494 e. The van der Waals surface area contributed by atoms with Crippen molar-refractivity contribution >= 4 is 29.4 Å². The first kappa shape index (κ1) is 22.5. The van der Waals surface area contributed by atoms with Crippen LogP contribution in [-0.2, 0) is 14.3 Å². The summed E-state index contributed by atoms with van der Waals surface area (Å²) in [7, 11) is 0. The van der Waals surface area contributed by atoms with Gasteiger partial charge in [-0.25, -0.2) is 9.18 Å². The number of esters is 1. The summed E-state index contributed by atoms with van der Waals surface area (Å²) < 4.78 is 23.5. The third kappa shape index (κ3) is 7.34. The number of Topliss-reactive ketones (excluding diaryl/α,β-unsaturated/α-hetero) is 1. The van der Waals surface area contributed by atoms with Gasteiger partial charge in [0.25, 0.3) is 5.91 Å². The van der Waals surface area contributed by atoms with Crippen molar-refractivity contribution in [1.29, 1.82) is 0 Å². The lowest BCUT2D eigenvalue weighted by atomic mass is 10.1. The van der Waals surface area contributed by atoms with Crippen molar-refractivity contribution in [3.8, 4) is 5.75 Å². The van der Waals surface area contributed by atoms with Gasteiger partial charge in [0.15, 0.2) is 12.4 Å². The molecule has 0 aromatic heterocycles. The van der Waals surface area contributed by atoms with Crippen LogP contribution >= 0.6 is 0 Å². The number of urea groups is 1. The van der Waals surface area contributed by atoms with Crippen LogP contribution in [0.4, 0.5) is 14.9 Å². The fraction of sp³-hybridized carbons (Fsp3) is 0.238. The molecule has 0 aliphatic carbocycles. The van der Waals surface area contributed by atoms with Gasteiger partial charge in [-0.2, -0.15) is 0 Å². The van der Waals surface area contributed by atoms with Crippen LogP contribution in [-0.4, -0.2) is 36.9 Å². The van der Waals surface area contributed by atoms with E-state index in [0.717, 1.165) is 6.07 Å². The van der Waals surface area contributed by atoms with Gasteiger partial charge in [0.1, 0.15) is 11.6 Å². The van der Waals surface area contributed by atoms with Crippen LogP contribution in [0.5, 0.6) is 5.75 Å². The van der Waals surface area contributed by atoms with E-state index in [1.807, 2.05) is 12.2 Å². The Morgan fingerprint density at radius 2 is 1.67 bits per heavy atom. The molecule has 2 N–H and O–H groups in total. The molecule has 0 spiro atoms. The number of hydrogen-bond acceptors (Lipinski definition) is 6. The number of benzene rings is 2. The summed E-state index contributed by atoms with van der Waals surface area (Å²) >= 11 is 0. The molecule has 2 aromatic carbocycles. The zero-order valence-corrected chi connectivity index (χ0v) is 16.3. The van der Waals surface area contributed by atoms with Crippen LogP contribution in [0.1, 0.15) is 30.1 Å². The average molecular weight is 416 g/mol. The van der Waals surface area contributed by atoms with Gasteiger partial charge in [-0.3, -0.25) is 19.7 Å². The Labute approximate surface area is 172 Å². The zero-order valence-electron chi connectivity index (χ0n) is 16.3. The molecular formula is C21H21FN2O6. The van der Waals surface area contributed by atoms with Crippen molar-refractivity contribution in [2.45, 2.75) is 19.8 Å². The molecule has 2 aromatic rings. The van der Waals surface area contributed by atoms with Gasteiger partial charge in [-0.15, -0.1) is 0 Å². The van der Waals surface area contributed by atoms with Crippen molar-refractivity contribution in [3.63, 3.8) is 0 Å². The van der Waals surface area contributed by atoms with Crippen LogP contribution in [0.15, 0.2) is 48.5 Å². The van der Waals surface area contributed by atoms with E-state index >= 15 is 0 Å². The fourth-order valence-electron chi connectivity index (χ4n) is 2.36. The van der Waals surface area contributed by atoms with Gasteiger partial charge >= 0.3 is 12.0 Å².